The van der Waals surface area contributed by atoms with Gasteiger partial charge in [0.25, 0.3) is 0 Å². The predicted octanol–water partition coefficient (Wildman–Crippen LogP) is 2.51. The topological polar surface area (TPSA) is 34.0 Å². The second-order valence-corrected chi connectivity index (χ2v) is 3.51. The van der Waals surface area contributed by atoms with Crippen LogP contribution in [0.4, 0.5) is 0 Å². The number of rotatable bonds is 0. The number of hydrogen-bond donors (Lipinski definition) is 0. The first-order valence-electron chi connectivity index (χ1n) is 4.20. The van der Waals surface area contributed by atoms with Crippen LogP contribution in [0, 0.1) is 0 Å². The maximum atomic E-state index is 5.61. The quantitative estimate of drug-likeness (QED) is 0.606. The summed E-state index contributed by atoms with van der Waals surface area (Å²) in [6.45, 7) is 0. The summed E-state index contributed by atoms with van der Waals surface area (Å²) in [5.74, 6) is 1.50. The zero-order valence-electron chi connectivity index (χ0n) is 7.18. The van der Waals surface area contributed by atoms with E-state index in [0.717, 1.165) is 29.0 Å². The molecule has 2 aliphatic heterocycles. The summed E-state index contributed by atoms with van der Waals surface area (Å²) < 4.78 is 13.7. The normalized spacial score (nSPS) is 17.4. The predicted molar refractivity (Wildman–Crippen MR) is 58.6 cm³/mol. The number of ether oxygens (including phenoxy) is 1. The molecule has 4 heteroatoms. The molecule has 1 aromatic carbocycles. The second-order valence-electron chi connectivity index (χ2n) is 2.95. The molecule has 0 unspecified atom stereocenters. The maximum Gasteiger partial charge on any atom is 0.236 e. The monoisotopic (exact) mass is 202 g/mol. The summed E-state index contributed by atoms with van der Waals surface area (Å²) in [6, 6.07) is 7.87. The van der Waals surface area contributed by atoms with Crippen molar-refractivity contribution in [1.29, 1.82) is 0 Å². The first-order valence-corrected chi connectivity index (χ1v) is 4.93. The maximum absolute atomic E-state index is 5.61. The average Bonchev–Trinajstić information content (AvgIpc) is 2.26. The van der Waals surface area contributed by atoms with Crippen molar-refractivity contribution in [2.75, 3.05) is 0 Å². The highest BCUT2D eigenvalue weighted by atomic mass is 32.2. The van der Waals surface area contributed by atoms with Gasteiger partial charge in [0.2, 0.25) is 5.90 Å². The Labute approximate surface area is 85.5 Å². The van der Waals surface area contributed by atoms with E-state index < -0.39 is 0 Å². The number of hydrogen-bond acceptors (Lipinski definition) is 4. The Kier molecular flexibility index (Phi) is 1.67. The van der Waals surface area contributed by atoms with Crippen LogP contribution in [0.15, 0.2) is 38.6 Å². The minimum absolute atomic E-state index is 0.642. The molecule has 0 fully saturated rings. The van der Waals surface area contributed by atoms with Gasteiger partial charge in [0.1, 0.15) is 17.9 Å². The molecule has 0 aromatic heterocycles. The molecule has 2 aliphatic rings. The van der Waals surface area contributed by atoms with Crippen molar-refractivity contribution in [3.8, 4) is 5.75 Å². The standard InChI is InChI=1S/C10H6N2OS/c1-2-4-9-7(3-1)5-8-6-11-14-12-10(8)13-9/h1-6H. The Morgan fingerprint density at radius 1 is 1.21 bits per heavy atom. The van der Waals surface area contributed by atoms with E-state index in [1.54, 1.807) is 6.21 Å². The van der Waals surface area contributed by atoms with Gasteiger partial charge in [0, 0.05) is 11.8 Å². The van der Waals surface area contributed by atoms with Gasteiger partial charge in [-0.1, -0.05) is 18.2 Å². The average molecular weight is 202 g/mol. The van der Waals surface area contributed by atoms with Gasteiger partial charge >= 0.3 is 0 Å². The van der Waals surface area contributed by atoms with E-state index in [2.05, 4.69) is 8.80 Å². The Bertz CT molecular complexity index is 477. The Hall–Kier alpha value is -1.55. The van der Waals surface area contributed by atoms with Crippen molar-refractivity contribution in [3.63, 3.8) is 0 Å². The molecule has 0 saturated carbocycles. The van der Waals surface area contributed by atoms with Gasteiger partial charge in [0.15, 0.2) is 0 Å². The summed E-state index contributed by atoms with van der Waals surface area (Å²) in [4.78, 5) is 0. The highest BCUT2D eigenvalue weighted by Gasteiger charge is 2.18. The summed E-state index contributed by atoms with van der Waals surface area (Å²) >= 11 is 1.15. The van der Waals surface area contributed by atoms with Crippen molar-refractivity contribution in [2.24, 2.45) is 8.80 Å². The third kappa shape index (κ3) is 1.15. The van der Waals surface area contributed by atoms with E-state index in [0.29, 0.717) is 5.90 Å². The number of fused-ring (bicyclic) bond motifs is 2. The van der Waals surface area contributed by atoms with Gasteiger partial charge in [-0.2, -0.15) is 4.40 Å². The minimum atomic E-state index is 0.642. The van der Waals surface area contributed by atoms with Crippen LogP contribution in [0.5, 0.6) is 5.75 Å². The van der Waals surface area contributed by atoms with Crippen LogP contribution in [-0.2, 0) is 0 Å². The largest absolute Gasteiger partial charge is 0.437 e. The molecule has 0 amide bonds. The molecule has 14 heavy (non-hydrogen) atoms. The van der Waals surface area contributed by atoms with Gasteiger partial charge in [0.05, 0.1) is 5.57 Å². The molecule has 0 spiro atoms. The lowest BCUT2D eigenvalue weighted by molar-refractivity contribution is 0.550. The number of nitrogens with zero attached hydrogens (tertiary/aromatic N) is 2. The summed E-state index contributed by atoms with van der Waals surface area (Å²) in [7, 11) is 0. The van der Waals surface area contributed by atoms with Crippen LogP contribution in [0.25, 0.3) is 6.08 Å². The van der Waals surface area contributed by atoms with Crippen LogP contribution in [0.3, 0.4) is 0 Å². The van der Waals surface area contributed by atoms with E-state index in [-0.39, 0.29) is 0 Å². The fourth-order valence-electron chi connectivity index (χ4n) is 1.39. The van der Waals surface area contributed by atoms with Gasteiger partial charge in [-0.05, 0) is 12.1 Å². The van der Waals surface area contributed by atoms with Gasteiger partial charge < -0.3 is 4.74 Å². The van der Waals surface area contributed by atoms with Crippen molar-refractivity contribution in [3.05, 3.63) is 35.4 Å². The smallest absolute Gasteiger partial charge is 0.236 e. The third-order valence-corrected chi connectivity index (χ3v) is 2.49. The number of para-hydroxylation sites is 1. The van der Waals surface area contributed by atoms with Crippen LogP contribution in [-0.4, -0.2) is 12.1 Å². The number of benzene rings is 1. The molecular formula is C10H6N2OS. The van der Waals surface area contributed by atoms with Crippen molar-refractivity contribution >= 4 is 30.3 Å². The highest BCUT2D eigenvalue weighted by molar-refractivity contribution is 7.97. The Morgan fingerprint density at radius 3 is 3.14 bits per heavy atom. The summed E-state index contributed by atoms with van der Waals surface area (Å²) in [5, 5.41) is 0. The molecule has 0 radical (unpaired) electrons. The molecule has 3 rings (SSSR count). The SMILES string of the molecule is C1=NSN=C2Oc3ccccc3C=C12. The molecule has 2 heterocycles. The first-order chi connectivity index (χ1) is 6.93. The Morgan fingerprint density at radius 2 is 2.14 bits per heavy atom. The fourth-order valence-corrected chi connectivity index (χ4v) is 1.81. The molecular weight excluding hydrogens is 196 g/mol. The van der Waals surface area contributed by atoms with E-state index in [1.807, 2.05) is 30.3 Å². The van der Waals surface area contributed by atoms with Crippen LogP contribution in [0.1, 0.15) is 5.56 Å². The van der Waals surface area contributed by atoms with Gasteiger partial charge in [-0.25, -0.2) is 4.40 Å². The van der Waals surface area contributed by atoms with Gasteiger partial charge in [-0.15, -0.1) is 0 Å². The summed E-state index contributed by atoms with van der Waals surface area (Å²) in [6.07, 6.45) is 3.80. The van der Waals surface area contributed by atoms with Crippen molar-refractivity contribution in [1.82, 2.24) is 0 Å². The molecule has 1 aromatic rings. The molecule has 68 valence electrons. The highest BCUT2D eigenvalue weighted by Crippen LogP contribution is 2.29. The van der Waals surface area contributed by atoms with E-state index in [4.69, 9.17) is 4.74 Å². The zero-order valence-corrected chi connectivity index (χ0v) is 7.99. The lowest BCUT2D eigenvalue weighted by atomic mass is 10.1. The molecule has 0 atom stereocenters. The van der Waals surface area contributed by atoms with E-state index in [9.17, 15) is 0 Å². The van der Waals surface area contributed by atoms with Crippen LogP contribution >= 0.6 is 12.1 Å². The van der Waals surface area contributed by atoms with Crippen LogP contribution < -0.4 is 4.74 Å². The van der Waals surface area contributed by atoms with E-state index in [1.165, 1.54) is 0 Å². The molecule has 3 nitrogen and oxygen atoms in total. The lowest BCUT2D eigenvalue weighted by Gasteiger charge is -2.17. The molecule has 0 saturated heterocycles. The summed E-state index contributed by atoms with van der Waals surface area (Å²) in [5.41, 5.74) is 2.00. The second kappa shape index (κ2) is 2.99. The molecule has 0 aliphatic carbocycles. The lowest BCUT2D eigenvalue weighted by Crippen LogP contribution is -2.17. The minimum Gasteiger partial charge on any atom is -0.437 e. The van der Waals surface area contributed by atoms with E-state index >= 15 is 0 Å². The molecule has 0 N–H and O–H groups in total. The van der Waals surface area contributed by atoms with Gasteiger partial charge in [-0.3, -0.25) is 0 Å². The van der Waals surface area contributed by atoms with Crippen LogP contribution in [0.2, 0.25) is 0 Å². The zero-order chi connectivity index (χ0) is 9.38. The Balaban J connectivity index is 2.17. The van der Waals surface area contributed by atoms with Crippen molar-refractivity contribution in [2.45, 2.75) is 0 Å². The molecule has 0 bridgehead atoms. The van der Waals surface area contributed by atoms with Crippen molar-refractivity contribution < 1.29 is 4.74 Å². The first kappa shape index (κ1) is 7.82. The fraction of sp³-hybridized carbons (Fsp3) is 0. The third-order valence-electron chi connectivity index (χ3n) is 2.05.